The quantitative estimate of drug-likeness (QED) is 0.713. The van der Waals surface area contributed by atoms with Crippen molar-refractivity contribution in [3.63, 3.8) is 0 Å². The predicted molar refractivity (Wildman–Crippen MR) is 98.5 cm³/mol. The normalized spacial score (nSPS) is 25.2. The minimum atomic E-state index is -0.839. The van der Waals surface area contributed by atoms with Gasteiger partial charge >= 0.3 is 6.03 Å². The molecule has 1 saturated carbocycles. The van der Waals surface area contributed by atoms with Crippen LogP contribution in [0.5, 0.6) is 0 Å². The number of nitrogens with zero attached hydrogens (tertiary/aromatic N) is 2. The molecule has 2 atom stereocenters. The lowest BCUT2D eigenvalue weighted by molar-refractivity contribution is -0.137. The number of benzene rings is 1. The van der Waals surface area contributed by atoms with Crippen LogP contribution >= 0.6 is 0 Å². The van der Waals surface area contributed by atoms with Crippen LogP contribution in [-0.4, -0.2) is 44.8 Å². The van der Waals surface area contributed by atoms with Gasteiger partial charge < -0.3 is 15.6 Å². The van der Waals surface area contributed by atoms with Gasteiger partial charge in [-0.25, -0.2) is 9.78 Å². The summed E-state index contributed by atoms with van der Waals surface area (Å²) in [6.07, 6.45) is 3.50. The number of carbonyl (C=O) groups is 3. The summed E-state index contributed by atoms with van der Waals surface area (Å²) in [7, 11) is 0. The Morgan fingerprint density at radius 1 is 1.33 bits per heavy atom. The molecule has 2 heterocycles. The monoisotopic (exact) mass is 369 g/mol. The van der Waals surface area contributed by atoms with Crippen LogP contribution in [0, 0.1) is 5.92 Å². The molecule has 0 bridgehead atoms. The van der Waals surface area contributed by atoms with Crippen molar-refractivity contribution < 1.29 is 14.4 Å². The highest BCUT2D eigenvalue weighted by Crippen LogP contribution is 2.38. The summed E-state index contributed by atoms with van der Waals surface area (Å²) in [5.74, 6) is 0.0310. The van der Waals surface area contributed by atoms with Crippen molar-refractivity contribution in [3.8, 4) is 0 Å². The summed E-state index contributed by atoms with van der Waals surface area (Å²) in [5, 5.41) is 5.58. The topological polar surface area (TPSA) is 107 Å². The average molecular weight is 369 g/mol. The Kier molecular flexibility index (Phi) is 4.33. The Bertz CT molecular complexity index is 875. The van der Waals surface area contributed by atoms with Crippen LogP contribution in [0.2, 0.25) is 0 Å². The van der Waals surface area contributed by atoms with Gasteiger partial charge in [-0.2, -0.15) is 0 Å². The zero-order chi connectivity index (χ0) is 19.0. The molecule has 4 amide bonds. The summed E-state index contributed by atoms with van der Waals surface area (Å²) >= 11 is 0. The molecule has 0 radical (unpaired) electrons. The Hall–Kier alpha value is -2.90. The number of urea groups is 1. The largest absolute Gasteiger partial charge is 0.347 e. The standard InChI is InChI=1S/C19H23N5O3/c1-12-6-4-5-9-19(12)17(26)24(18(27)23-19)11-16(25)20-10-15-21-13-7-2-3-8-14(13)22-15/h2-3,7-8,12H,4-6,9-11H2,1H3,(H,20,25)(H,21,22)(H,23,27). The van der Waals surface area contributed by atoms with Crippen LogP contribution in [0.1, 0.15) is 38.4 Å². The summed E-state index contributed by atoms with van der Waals surface area (Å²) in [4.78, 5) is 46.1. The molecule has 2 aliphatic rings. The van der Waals surface area contributed by atoms with Crippen LogP contribution in [0.25, 0.3) is 11.0 Å². The minimum Gasteiger partial charge on any atom is -0.347 e. The SMILES string of the molecule is CC1CCCCC12NC(=O)N(CC(=O)NCc1nc3ccccc3[nH]1)C2=O. The molecule has 4 rings (SSSR count). The van der Waals surface area contributed by atoms with Gasteiger partial charge in [-0.3, -0.25) is 14.5 Å². The van der Waals surface area contributed by atoms with E-state index in [1.54, 1.807) is 0 Å². The van der Waals surface area contributed by atoms with Crippen molar-refractivity contribution in [2.45, 2.75) is 44.7 Å². The predicted octanol–water partition coefficient (Wildman–Crippen LogP) is 1.68. The number of imide groups is 1. The van der Waals surface area contributed by atoms with Gasteiger partial charge in [0.1, 0.15) is 17.9 Å². The lowest BCUT2D eigenvalue weighted by Crippen LogP contribution is -2.54. The van der Waals surface area contributed by atoms with E-state index in [-0.39, 0.29) is 30.8 Å². The highest BCUT2D eigenvalue weighted by Gasteiger charge is 2.55. The van der Waals surface area contributed by atoms with E-state index in [1.165, 1.54) is 0 Å². The van der Waals surface area contributed by atoms with Crippen LogP contribution in [0.3, 0.4) is 0 Å². The average Bonchev–Trinajstić information content (AvgIpc) is 3.17. The molecule has 2 unspecified atom stereocenters. The van der Waals surface area contributed by atoms with E-state index in [2.05, 4.69) is 20.6 Å². The van der Waals surface area contributed by atoms with Crippen molar-refractivity contribution in [3.05, 3.63) is 30.1 Å². The van der Waals surface area contributed by atoms with Gasteiger partial charge in [-0.1, -0.05) is 31.9 Å². The molecule has 2 fully saturated rings. The fraction of sp³-hybridized carbons (Fsp3) is 0.474. The van der Waals surface area contributed by atoms with Gasteiger partial charge in [0.05, 0.1) is 17.6 Å². The maximum absolute atomic E-state index is 12.9. The lowest BCUT2D eigenvalue weighted by atomic mass is 9.73. The van der Waals surface area contributed by atoms with Crippen molar-refractivity contribution in [1.29, 1.82) is 0 Å². The van der Waals surface area contributed by atoms with Gasteiger partial charge in [-0.05, 0) is 30.9 Å². The lowest BCUT2D eigenvalue weighted by Gasteiger charge is -2.36. The third-order valence-electron chi connectivity index (χ3n) is 5.69. The molecule has 1 saturated heterocycles. The Balaban J connectivity index is 1.39. The molecular formula is C19H23N5O3. The number of amides is 4. The van der Waals surface area contributed by atoms with Crippen LogP contribution in [-0.2, 0) is 16.1 Å². The molecule has 1 aromatic heterocycles. The van der Waals surface area contributed by atoms with E-state index in [4.69, 9.17) is 0 Å². The molecule has 1 aromatic carbocycles. The highest BCUT2D eigenvalue weighted by molar-refractivity contribution is 6.09. The smallest absolute Gasteiger partial charge is 0.325 e. The molecule has 142 valence electrons. The molecule has 27 heavy (non-hydrogen) atoms. The highest BCUT2D eigenvalue weighted by atomic mass is 16.2. The number of H-pyrrole nitrogens is 1. The number of rotatable bonds is 4. The van der Waals surface area contributed by atoms with Gasteiger partial charge in [-0.15, -0.1) is 0 Å². The zero-order valence-electron chi connectivity index (χ0n) is 15.2. The Labute approximate surface area is 156 Å². The first-order valence-electron chi connectivity index (χ1n) is 9.34. The van der Waals surface area contributed by atoms with E-state index in [0.717, 1.165) is 35.2 Å². The first kappa shape index (κ1) is 17.5. The van der Waals surface area contributed by atoms with Crippen molar-refractivity contribution >= 4 is 28.9 Å². The minimum absolute atomic E-state index is 0.0753. The number of fused-ring (bicyclic) bond motifs is 1. The van der Waals surface area contributed by atoms with Crippen molar-refractivity contribution in [1.82, 2.24) is 25.5 Å². The molecule has 1 aliphatic heterocycles. The second kappa shape index (κ2) is 6.68. The fourth-order valence-corrected chi connectivity index (χ4v) is 4.11. The van der Waals surface area contributed by atoms with E-state index >= 15 is 0 Å². The molecule has 3 N–H and O–H groups in total. The van der Waals surface area contributed by atoms with Crippen molar-refractivity contribution in [2.75, 3.05) is 6.54 Å². The zero-order valence-corrected chi connectivity index (χ0v) is 15.2. The second-order valence-corrected chi connectivity index (χ2v) is 7.42. The maximum atomic E-state index is 12.9. The number of carbonyl (C=O) groups excluding carboxylic acids is 3. The number of imidazole rings is 1. The molecule has 8 nitrogen and oxygen atoms in total. The summed E-state index contributed by atoms with van der Waals surface area (Å²) in [6.45, 7) is 1.92. The summed E-state index contributed by atoms with van der Waals surface area (Å²) < 4.78 is 0. The van der Waals surface area contributed by atoms with Gasteiger partial charge in [0, 0.05) is 0 Å². The molecule has 8 heteroatoms. The number of hydrogen-bond acceptors (Lipinski definition) is 4. The number of nitrogens with one attached hydrogen (secondary N) is 3. The number of aromatic amines is 1. The third-order valence-corrected chi connectivity index (χ3v) is 5.69. The maximum Gasteiger partial charge on any atom is 0.325 e. The van der Waals surface area contributed by atoms with Gasteiger partial charge in [0.25, 0.3) is 5.91 Å². The van der Waals surface area contributed by atoms with Crippen LogP contribution < -0.4 is 10.6 Å². The Morgan fingerprint density at radius 2 is 2.15 bits per heavy atom. The van der Waals surface area contributed by atoms with Gasteiger partial charge in [0.15, 0.2) is 0 Å². The van der Waals surface area contributed by atoms with E-state index < -0.39 is 11.6 Å². The van der Waals surface area contributed by atoms with Gasteiger partial charge in [0.2, 0.25) is 5.91 Å². The van der Waals surface area contributed by atoms with Crippen LogP contribution in [0.4, 0.5) is 4.79 Å². The second-order valence-electron chi connectivity index (χ2n) is 7.42. The number of para-hydroxylation sites is 2. The summed E-state index contributed by atoms with van der Waals surface area (Å²) in [6, 6.07) is 7.11. The van der Waals surface area contributed by atoms with E-state index in [9.17, 15) is 14.4 Å². The molecule has 1 aliphatic carbocycles. The van der Waals surface area contributed by atoms with Crippen molar-refractivity contribution in [2.24, 2.45) is 5.92 Å². The third kappa shape index (κ3) is 3.05. The summed E-state index contributed by atoms with van der Waals surface area (Å²) in [5.41, 5.74) is 0.877. The fourth-order valence-electron chi connectivity index (χ4n) is 4.11. The molecule has 2 aromatic rings. The van der Waals surface area contributed by atoms with E-state index in [1.807, 2.05) is 31.2 Å². The number of hydrogen-bond donors (Lipinski definition) is 3. The number of aromatic nitrogens is 2. The molecule has 1 spiro atoms. The molecular weight excluding hydrogens is 346 g/mol. The Morgan fingerprint density at radius 3 is 2.93 bits per heavy atom. The first-order chi connectivity index (χ1) is 13.0. The first-order valence-corrected chi connectivity index (χ1v) is 9.34. The van der Waals surface area contributed by atoms with Crippen LogP contribution in [0.15, 0.2) is 24.3 Å². The van der Waals surface area contributed by atoms with E-state index in [0.29, 0.717) is 12.2 Å².